The molecule has 0 radical (unpaired) electrons. The molecule has 3 rings (SSSR count). The Labute approximate surface area is 131 Å². The van der Waals surface area contributed by atoms with Crippen LogP contribution in [0.3, 0.4) is 0 Å². The lowest BCUT2D eigenvalue weighted by Gasteiger charge is -2.07. The Morgan fingerprint density at radius 1 is 1.05 bits per heavy atom. The molecule has 1 heterocycles. The van der Waals surface area contributed by atoms with E-state index in [1.54, 1.807) is 24.4 Å². The van der Waals surface area contributed by atoms with Crippen LogP contribution in [0.4, 0.5) is 4.79 Å². The number of benzene rings is 2. The van der Waals surface area contributed by atoms with Crippen molar-refractivity contribution in [1.82, 2.24) is 4.57 Å². The minimum Gasteiger partial charge on any atom is -0.444 e. The number of aromatic nitrogens is 1. The second-order valence-electron chi connectivity index (χ2n) is 4.52. The van der Waals surface area contributed by atoms with E-state index in [0.717, 1.165) is 10.9 Å². The molecule has 5 heteroatoms. The van der Waals surface area contributed by atoms with Crippen LogP contribution in [-0.4, -0.2) is 10.7 Å². The van der Waals surface area contributed by atoms with Crippen molar-refractivity contribution in [2.75, 3.05) is 0 Å². The molecule has 3 nitrogen and oxygen atoms in total. The number of carbonyl (C=O) groups excluding carboxylic acids is 1. The maximum Gasteiger partial charge on any atom is 0.418 e. The summed E-state index contributed by atoms with van der Waals surface area (Å²) in [5, 5.41) is 1.61. The fourth-order valence-electron chi connectivity index (χ4n) is 2.10. The molecule has 1 aromatic heterocycles. The summed E-state index contributed by atoms with van der Waals surface area (Å²) in [6.45, 7) is 0.223. The van der Waals surface area contributed by atoms with E-state index >= 15 is 0 Å². The van der Waals surface area contributed by atoms with Crippen LogP contribution in [0.25, 0.3) is 10.9 Å². The fourth-order valence-corrected chi connectivity index (χ4v) is 2.49. The maximum absolute atomic E-state index is 12.2. The van der Waals surface area contributed by atoms with E-state index in [-0.39, 0.29) is 6.61 Å². The predicted octanol–water partition coefficient (Wildman–Crippen LogP) is 5.13. The molecule has 0 N–H and O–H groups in total. The van der Waals surface area contributed by atoms with Crippen molar-refractivity contribution >= 4 is 40.2 Å². The van der Waals surface area contributed by atoms with Crippen LogP contribution in [0.2, 0.25) is 10.0 Å². The van der Waals surface area contributed by atoms with Gasteiger partial charge in [-0.05, 0) is 23.8 Å². The second-order valence-corrected chi connectivity index (χ2v) is 5.31. The van der Waals surface area contributed by atoms with Crippen LogP contribution in [0, 0.1) is 0 Å². The van der Waals surface area contributed by atoms with Gasteiger partial charge in [0, 0.05) is 11.6 Å². The lowest BCUT2D eigenvalue weighted by Crippen LogP contribution is -2.12. The van der Waals surface area contributed by atoms with Gasteiger partial charge in [0.1, 0.15) is 6.61 Å². The normalized spacial score (nSPS) is 10.8. The van der Waals surface area contributed by atoms with E-state index in [2.05, 4.69) is 0 Å². The highest BCUT2D eigenvalue weighted by Crippen LogP contribution is 2.31. The van der Waals surface area contributed by atoms with Crippen molar-refractivity contribution in [3.05, 3.63) is 70.3 Å². The van der Waals surface area contributed by atoms with Gasteiger partial charge in [-0.2, -0.15) is 0 Å². The number of halogens is 2. The van der Waals surface area contributed by atoms with Crippen molar-refractivity contribution in [3.63, 3.8) is 0 Å². The first-order valence-electron chi connectivity index (χ1n) is 6.33. The SMILES string of the molecule is O=C(OCc1ccccc1)n1ccc2c(Cl)c(Cl)ccc21. The average molecular weight is 320 g/mol. The van der Waals surface area contributed by atoms with Gasteiger partial charge in [0.05, 0.1) is 15.6 Å². The van der Waals surface area contributed by atoms with E-state index in [0.29, 0.717) is 15.6 Å². The first kappa shape index (κ1) is 14.0. The number of nitrogens with zero attached hydrogens (tertiary/aromatic N) is 1. The van der Waals surface area contributed by atoms with Gasteiger partial charge in [0.25, 0.3) is 0 Å². The second kappa shape index (κ2) is 5.80. The first-order valence-corrected chi connectivity index (χ1v) is 7.08. The highest BCUT2D eigenvalue weighted by Gasteiger charge is 2.13. The number of fused-ring (bicyclic) bond motifs is 1. The summed E-state index contributed by atoms with van der Waals surface area (Å²) >= 11 is 12.1. The highest BCUT2D eigenvalue weighted by atomic mass is 35.5. The number of hydrogen-bond donors (Lipinski definition) is 0. The van der Waals surface area contributed by atoms with Gasteiger partial charge in [-0.15, -0.1) is 0 Å². The van der Waals surface area contributed by atoms with Crippen molar-refractivity contribution in [2.45, 2.75) is 6.61 Å². The molecule has 0 aliphatic heterocycles. The summed E-state index contributed by atoms with van der Waals surface area (Å²) in [6, 6.07) is 14.7. The molecular weight excluding hydrogens is 309 g/mol. The molecule has 106 valence electrons. The molecule has 3 aromatic rings. The number of rotatable bonds is 2. The third kappa shape index (κ3) is 2.75. The van der Waals surface area contributed by atoms with Crippen LogP contribution in [0.15, 0.2) is 54.7 Å². The van der Waals surface area contributed by atoms with Crippen molar-refractivity contribution in [3.8, 4) is 0 Å². The topological polar surface area (TPSA) is 31.2 Å². The molecule has 0 bridgehead atoms. The quantitative estimate of drug-likeness (QED) is 0.655. The molecule has 0 spiro atoms. The third-order valence-corrected chi connectivity index (χ3v) is 3.98. The van der Waals surface area contributed by atoms with E-state index in [9.17, 15) is 4.79 Å². The Morgan fingerprint density at radius 3 is 2.57 bits per heavy atom. The maximum atomic E-state index is 12.2. The largest absolute Gasteiger partial charge is 0.444 e. The van der Waals surface area contributed by atoms with E-state index < -0.39 is 6.09 Å². The van der Waals surface area contributed by atoms with E-state index in [1.165, 1.54) is 4.57 Å². The lowest BCUT2D eigenvalue weighted by atomic mass is 10.2. The molecule has 0 aliphatic carbocycles. The summed E-state index contributed by atoms with van der Waals surface area (Å²) in [6.07, 6.45) is 1.17. The van der Waals surface area contributed by atoms with Gasteiger partial charge in [-0.3, -0.25) is 4.57 Å². The smallest absolute Gasteiger partial charge is 0.418 e. The Balaban J connectivity index is 1.84. The average Bonchev–Trinajstić information content (AvgIpc) is 2.94. The van der Waals surface area contributed by atoms with Crippen molar-refractivity contribution in [1.29, 1.82) is 0 Å². The van der Waals surface area contributed by atoms with Crippen LogP contribution < -0.4 is 0 Å². The van der Waals surface area contributed by atoms with Gasteiger partial charge in [0.2, 0.25) is 0 Å². The van der Waals surface area contributed by atoms with Crippen molar-refractivity contribution < 1.29 is 9.53 Å². The molecule has 0 unspecified atom stereocenters. The molecule has 0 atom stereocenters. The zero-order valence-electron chi connectivity index (χ0n) is 10.9. The van der Waals surface area contributed by atoms with Crippen LogP contribution in [0.1, 0.15) is 5.56 Å². The van der Waals surface area contributed by atoms with Gasteiger partial charge in [-0.25, -0.2) is 4.79 Å². The van der Waals surface area contributed by atoms with E-state index in [1.807, 2.05) is 30.3 Å². The number of ether oxygens (including phenoxy) is 1. The molecule has 21 heavy (non-hydrogen) atoms. The summed E-state index contributed by atoms with van der Waals surface area (Å²) < 4.78 is 6.72. The summed E-state index contributed by atoms with van der Waals surface area (Å²) in [5.41, 5.74) is 1.60. The molecule has 0 saturated carbocycles. The minimum absolute atomic E-state index is 0.223. The van der Waals surface area contributed by atoms with Gasteiger partial charge >= 0.3 is 6.09 Å². The lowest BCUT2D eigenvalue weighted by molar-refractivity contribution is 0.142. The molecule has 0 saturated heterocycles. The Bertz CT molecular complexity index is 797. The zero-order valence-corrected chi connectivity index (χ0v) is 12.4. The molecule has 2 aromatic carbocycles. The van der Waals surface area contributed by atoms with Crippen LogP contribution in [0.5, 0.6) is 0 Å². The standard InChI is InChI=1S/C16H11Cl2NO2/c17-13-6-7-14-12(15(13)18)8-9-19(14)16(20)21-10-11-4-2-1-3-5-11/h1-9H,10H2. The van der Waals surface area contributed by atoms with Crippen molar-refractivity contribution in [2.24, 2.45) is 0 Å². The Kier molecular flexibility index (Phi) is 3.86. The Morgan fingerprint density at radius 2 is 1.81 bits per heavy atom. The fraction of sp³-hybridized carbons (Fsp3) is 0.0625. The minimum atomic E-state index is -0.452. The predicted molar refractivity (Wildman–Crippen MR) is 84.0 cm³/mol. The third-order valence-electron chi connectivity index (χ3n) is 3.16. The van der Waals surface area contributed by atoms with Crippen LogP contribution in [-0.2, 0) is 11.3 Å². The summed E-state index contributed by atoms with van der Waals surface area (Å²) in [7, 11) is 0. The molecular formula is C16H11Cl2NO2. The molecule has 0 fully saturated rings. The summed E-state index contributed by atoms with van der Waals surface area (Å²) in [5.74, 6) is 0. The molecule has 0 aliphatic rings. The van der Waals surface area contributed by atoms with Gasteiger partial charge < -0.3 is 4.74 Å². The highest BCUT2D eigenvalue weighted by molar-refractivity contribution is 6.45. The first-order chi connectivity index (χ1) is 10.2. The van der Waals surface area contributed by atoms with Gasteiger partial charge in [-0.1, -0.05) is 53.5 Å². The van der Waals surface area contributed by atoms with Crippen LogP contribution >= 0.6 is 23.2 Å². The number of carbonyl (C=O) groups is 1. The Hall–Kier alpha value is -1.97. The zero-order chi connectivity index (χ0) is 14.8. The molecule has 0 amide bonds. The van der Waals surface area contributed by atoms with E-state index in [4.69, 9.17) is 27.9 Å². The summed E-state index contributed by atoms with van der Waals surface area (Å²) in [4.78, 5) is 12.2. The number of hydrogen-bond acceptors (Lipinski definition) is 2. The monoisotopic (exact) mass is 319 g/mol. The van der Waals surface area contributed by atoms with Gasteiger partial charge in [0.15, 0.2) is 0 Å².